The van der Waals surface area contributed by atoms with Crippen LogP contribution in [0.5, 0.6) is 0 Å². The maximum absolute atomic E-state index is 12.4. The molecule has 0 spiro atoms. The van der Waals surface area contributed by atoms with Crippen LogP contribution in [0.3, 0.4) is 0 Å². The Kier molecular flexibility index (Phi) is 5.96. The second kappa shape index (κ2) is 8.22. The van der Waals surface area contributed by atoms with Crippen LogP contribution >= 0.6 is 0 Å². The number of benzene rings is 1. The Balaban J connectivity index is 1.59. The molecule has 2 aliphatic heterocycles. The third-order valence-corrected chi connectivity index (χ3v) is 6.24. The quantitative estimate of drug-likeness (QED) is 0.726. The predicted molar refractivity (Wildman–Crippen MR) is 105 cm³/mol. The normalized spacial score (nSPS) is 19.7. The van der Waals surface area contributed by atoms with E-state index in [1.165, 1.54) is 16.6 Å². The average Bonchev–Trinajstić information content (AvgIpc) is 2.90. The number of nitrogens with zero attached hydrogens (tertiary/aromatic N) is 3. The van der Waals surface area contributed by atoms with E-state index >= 15 is 0 Å². The van der Waals surface area contributed by atoms with Crippen LogP contribution in [-0.4, -0.2) is 68.4 Å². The van der Waals surface area contributed by atoms with E-state index in [1.54, 1.807) is 15.9 Å². The monoisotopic (exact) mass is 391 g/mol. The van der Waals surface area contributed by atoms with Gasteiger partial charge in [-0.2, -0.15) is 0 Å². The van der Waals surface area contributed by atoms with E-state index in [0.717, 1.165) is 24.2 Å². The number of carbonyl (C=O) groups excluding carboxylic acids is 2. The van der Waals surface area contributed by atoms with Crippen molar-refractivity contribution in [1.82, 2.24) is 9.21 Å². The Bertz CT molecular complexity index is 833. The largest absolute Gasteiger partial charge is 0.338 e. The van der Waals surface area contributed by atoms with Crippen LogP contribution in [0.2, 0.25) is 0 Å². The molecule has 7 nitrogen and oxygen atoms in total. The van der Waals surface area contributed by atoms with E-state index in [4.69, 9.17) is 0 Å². The van der Waals surface area contributed by atoms with Gasteiger partial charge in [0.1, 0.15) is 0 Å². The molecule has 146 valence electrons. The van der Waals surface area contributed by atoms with Gasteiger partial charge in [-0.3, -0.25) is 9.59 Å². The van der Waals surface area contributed by atoms with E-state index in [2.05, 4.69) is 0 Å². The summed E-state index contributed by atoms with van der Waals surface area (Å²) in [4.78, 5) is 27.7. The summed E-state index contributed by atoms with van der Waals surface area (Å²) in [5, 5.41) is 0. The molecular formula is C19H25N3O4S. The van der Waals surface area contributed by atoms with Gasteiger partial charge in [-0.05, 0) is 36.6 Å². The van der Waals surface area contributed by atoms with Crippen LogP contribution in [0.1, 0.15) is 24.8 Å². The van der Waals surface area contributed by atoms with Crippen molar-refractivity contribution in [3.05, 3.63) is 35.9 Å². The molecule has 0 aliphatic carbocycles. The number of sulfonamides is 1. The molecule has 0 atom stereocenters. The molecule has 1 aromatic carbocycles. The Morgan fingerprint density at radius 2 is 1.74 bits per heavy atom. The number of carbonyl (C=O) groups is 2. The van der Waals surface area contributed by atoms with Crippen molar-refractivity contribution < 1.29 is 18.0 Å². The minimum Gasteiger partial charge on any atom is -0.338 e. The van der Waals surface area contributed by atoms with E-state index in [1.807, 2.05) is 24.3 Å². The molecule has 2 fully saturated rings. The molecular weight excluding hydrogens is 366 g/mol. The standard InChI is InChI=1S/C19H25N3O4S/c1-27(25,26)21-12-3-11-20(14-15-21)18(23)10-7-16-5-8-17(9-6-16)22-13-2-4-19(22)24/h5-10H,2-4,11-15H2,1H3/b10-7+. The highest BCUT2D eigenvalue weighted by atomic mass is 32.2. The topological polar surface area (TPSA) is 78.0 Å². The Labute approximate surface area is 160 Å². The van der Waals surface area contributed by atoms with Gasteiger partial charge in [-0.15, -0.1) is 0 Å². The minimum atomic E-state index is -3.22. The molecule has 0 N–H and O–H groups in total. The van der Waals surface area contributed by atoms with Crippen molar-refractivity contribution in [3.63, 3.8) is 0 Å². The van der Waals surface area contributed by atoms with Gasteiger partial charge < -0.3 is 9.80 Å². The minimum absolute atomic E-state index is 0.121. The van der Waals surface area contributed by atoms with E-state index in [9.17, 15) is 18.0 Å². The van der Waals surface area contributed by atoms with E-state index in [0.29, 0.717) is 39.0 Å². The summed E-state index contributed by atoms with van der Waals surface area (Å²) in [5.41, 5.74) is 1.76. The van der Waals surface area contributed by atoms with Gasteiger partial charge in [0.25, 0.3) is 0 Å². The number of amides is 2. The lowest BCUT2D eigenvalue weighted by molar-refractivity contribution is -0.125. The summed E-state index contributed by atoms with van der Waals surface area (Å²) in [6, 6.07) is 7.56. The lowest BCUT2D eigenvalue weighted by Crippen LogP contribution is -2.36. The molecule has 1 aromatic rings. The fraction of sp³-hybridized carbons (Fsp3) is 0.474. The number of hydrogen-bond donors (Lipinski definition) is 0. The molecule has 0 bridgehead atoms. The Morgan fingerprint density at radius 1 is 1.00 bits per heavy atom. The third kappa shape index (κ3) is 4.95. The van der Waals surface area contributed by atoms with Gasteiger partial charge in [0.05, 0.1) is 6.26 Å². The maximum Gasteiger partial charge on any atom is 0.246 e. The van der Waals surface area contributed by atoms with Crippen molar-refractivity contribution in [3.8, 4) is 0 Å². The van der Waals surface area contributed by atoms with Crippen LogP contribution in [0.4, 0.5) is 5.69 Å². The first kappa shape index (κ1) is 19.6. The molecule has 2 heterocycles. The molecule has 27 heavy (non-hydrogen) atoms. The Hall–Kier alpha value is -2.19. The van der Waals surface area contributed by atoms with Crippen molar-refractivity contribution in [2.75, 3.05) is 43.9 Å². The SMILES string of the molecule is CS(=O)(=O)N1CCCN(C(=O)/C=C/c2ccc(N3CCCC3=O)cc2)CC1. The first-order valence-corrected chi connectivity index (χ1v) is 11.0. The molecule has 8 heteroatoms. The molecule has 2 amide bonds. The van der Waals surface area contributed by atoms with Crippen LogP contribution in [-0.2, 0) is 19.6 Å². The molecule has 0 aromatic heterocycles. The summed E-state index contributed by atoms with van der Waals surface area (Å²) in [7, 11) is -3.22. The lowest BCUT2D eigenvalue weighted by Gasteiger charge is -2.19. The highest BCUT2D eigenvalue weighted by molar-refractivity contribution is 7.88. The van der Waals surface area contributed by atoms with E-state index < -0.39 is 10.0 Å². The molecule has 3 rings (SSSR count). The van der Waals surface area contributed by atoms with Gasteiger partial charge in [-0.25, -0.2) is 12.7 Å². The van der Waals surface area contributed by atoms with E-state index in [-0.39, 0.29) is 11.8 Å². The first-order valence-electron chi connectivity index (χ1n) is 9.17. The summed E-state index contributed by atoms with van der Waals surface area (Å²) in [6.45, 7) is 2.48. The molecule has 0 unspecified atom stereocenters. The van der Waals surface area contributed by atoms with Crippen LogP contribution in [0.25, 0.3) is 6.08 Å². The fourth-order valence-electron chi connectivity index (χ4n) is 3.41. The number of rotatable bonds is 4. The molecule has 2 saturated heterocycles. The summed E-state index contributed by atoms with van der Waals surface area (Å²) in [5.74, 6) is 0.0296. The average molecular weight is 391 g/mol. The summed E-state index contributed by atoms with van der Waals surface area (Å²) in [6.07, 6.45) is 6.59. The fourth-order valence-corrected chi connectivity index (χ4v) is 4.28. The maximum atomic E-state index is 12.4. The van der Waals surface area contributed by atoms with Gasteiger partial charge >= 0.3 is 0 Å². The highest BCUT2D eigenvalue weighted by Crippen LogP contribution is 2.22. The van der Waals surface area contributed by atoms with Gasteiger partial charge in [0.15, 0.2) is 0 Å². The number of anilines is 1. The molecule has 0 saturated carbocycles. The summed E-state index contributed by atoms with van der Waals surface area (Å²) < 4.78 is 24.7. The van der Waals surface area contributed by atoms with Crippen molar-refractivity contribution in [2.24, 2.45) is 0 Å². The van der Waals surface area contributed by atoms with Crippen LogP contribution in [0, 0.1) is 0 Å². The second-order valence-electron chi connectivity index (χ2n) is 6.91. The second-order valence-corrected chi connectivity index (χ2v) is 8.90. The number of hydrogen-bond acceptors (Lipinski definition) is 4. The van der Waals surface area contributed by atoms with Crippen molar-refractivity contribution in [2.45, 2.75) is 19.3 Å². The van der Waals surface area contributed by atoms with Crippen LogP contribution < -0.4 is 4.90 Å². The molecule has 0 radical (unpaired) electrons. The van der Waals surface area contributed by atoms with Gasteiger partial charge in [-0.1, -0.05) is 12.1 Å². The molecule has 2 aliphatic rings. The van der Waals surface area contributed by atoms with Gasteiger partial charge in [0.2, 0.25) is 21.8 Å². The predicted octanol–water partition coefficient (Wildman–Crippen LogP) is 1.32. The lowest BCUT2D eigenvalue weighted by atomic mass is 10.2. The zero-order chi connectivity index (χ0) is 19.4. The third-order valence-electron chi connectivity index (χ3n) is 4.93. The van der Waals surface area contributed by atoms with Crippen molar-refractivity contribution >= 4 is 33.6 Å². The Morgan fingerprint density at radius 3 is 2.37 bits per heavy atom. The van der Waals surface area contributed by atoms with Crippen LogP contribution in [0.15, 0.2) is 30.3 Å². The van der Waals surface area contributed by atoms with Gasteiger partial charge in [0, 0.05) is 50.9 Å². The zero-order valence-electron chi connectivity index (χ0n) is 15.5. The summed E-state index contributed by atoms with van der Waals surface area (Å²) >= 11 is 0. The zero-order valence-corrected chi connectivity index (χ0v) is 16.3. The highest BCUT2D eigenvalue weighted by Gasteiger charge is 2.23. The smallest absolute Gasteiger partial charge is 0.246 e. The van der Waals surface area contributed by atoms with Crippen molar-refractivity contribution in [1.29, 1.82) is 0 Å². The first-order chi connectivity index (χ1) is 12.8.